The Morgan fingerprint density at radius 1 is 1.19 bits per heavy atom. The van der Waals surface area contributed by atoms with Gasteiger partial charge in [-0.3, -0.25) is 4.79 Å². The molecule has 0 aliphatic heterocycles. The van der Waals surface area contributed by atoms with Crippen LogP contribution in [0.15, 0.2) is 41.7 Å². The third-order valence-corrected chi connectivity index (χ3v) is 8.07. The van der Waals surface area contributed by atoms with Crippen molar-refractivity contribution in [1.29, 1.82) is 0 Å². The summed E-state index contributed by atoms with van der Waals surface area (Å²) in [7, 11) is 0. The number of aryl methyl sites for hydroxylation is 3. The van der Waals surface area contributed by atoms with Crippen molar-refractivity contribution in [3.05, 3.63) is 69.9 Å². The van der Waals surface area contributed by atoms with Gasteiger partial charge in [-0.15, -0.1) is 11.3 Å². The lowest BCUT2D eigenvalue weighted by Gasteiger charge is -2.11. The molecule has 0 N–H and O–H groups in total. The monoisotopic (exact) mass is 451 g/mol. The van der Waals surface area contributed by atoms with E-state index in [-0.39, 0.29) is 17.4 Å². The van der Waals surface area contributed by atoms with Gasteiger partial charge in [-0.1, -0.05) is 23.9 Å². The number of carbonyl (C=O) groups is 1. The summed E-state index contributed by atoms with van der Waals surface area (Å²) in [6.07, 6.45) is 6.20. The van der Waals surface area contributed by atoms with Crippen molar-refractivity contribution < 1.29 is 9.18 Å². The number of hydrogen-bond acceptors (Lipinski definition) is 5. The molecular weight excluding hydrogens is 429 g/mol. The third kappa shape index (κ3) is 3.59. The summed E-state index contributed by atoms with van der Waals surface area (Å²) in [5, 5.41) is 2.03. The minimum Gasteiger partial charge on any atom is -0.315 e. The number of hydrogen-bond donors (Lipinski definition) is 0. The number of fused-ring (bicyclic) bond motifs is 3. The fraction of sp³-hybridized carbons (Fsp3) is 0.292. The first-order valence-electron chi connectivity index (χ1n) is 10.4. The van der Waals surface area contributed by atoms with Crippen LogP contribution in [0.3, 0.4) is 0 Å². The van der Waals surface area contributed by atoms with Crippen LogP contribution in [-0.4, -0.2) is 26.1 Å². The van der Waals surface area contributed by atoms with E-state index in [2.05, 4.69) is 9.97 Å². The largest absolute Gasteiger partial charge is 0.315 e. The first-order valence-corrected chi connectivity index (χ1v) is 12.2. The van der Waals surface area contributed by atoms with Crippen molar-refractivity contribution in [2.24, 2.45) is 0 Å². The molecule has 1 aromatic carbocycles. The van der Waals surface area contributed by atoms with Crippen LogP contribution in [-0.2, 0) is 12.8 Å². The molecule has 0 radical (unpaired) electrons. The normalized spacial score (nSPS) is 13.5. The molecule has 31 heavy (non-hydrogen) atoms. The first-order chi connectivity index (χ1) is 15.0. The standard InChI is InChI=1S/C24H22FN3OS2/c1-14-11-17(15(2)28(14)19-9-5-4-8-18(19)25)20(29)12-30-23-22-16-7-3-6-10-21(16)31-24(22)27-13-26-23/h4-5,8-9,11,13H,3,6-7,10,12H2,1-2H3. The number of Topliss-reactive ketones (excluding diaryl/α,β-unsaturated/α-hetero) is 1. The lowest BCUT2D eigenvalue weighted by atomic mass is 9.97. The minimum atomic E-state index is -0.303. The van der Waals surface area contributed by atoms with Gasteiger partial charge in [0.1, 0.15) is 22.0 Å². The Bertz CT molecular complexity index is 1310. The number of ketones is 1. The van der Waals surface area contributed by atoms with Gasteiger partial charge >= 0.3 is 0 Å². The zero-order valence-corrected chi connectivity index (χ0v) is 19.1. The Morgan fingerprint density at radius 3 is 2.84 bits per heavy atom. The number of aromatic nitrogens is 3. The van der Waals surface area contributed by atoms with Crippen molar-refractivity contribution in [3.63, 3.8) is 0 Å². The van der Waals surface area contributed by atoms with Gasteiger partial charge in [-0.2, -0.15) is 0 Å². The summed E-state index contributed by atoms with van der Waals surface area (Å²) in [5.74, 6) is 0.0120. The summed E-state index contributed by atoms with van der Waals surface area (Å²) in [4.78, 5) is 24.5. The van der Waals surface area contributed by atoms with E-state index in [0.717, 1.165) is 39.5 Å². The zero-order valence-electron chi connectivity index (χ0n) is 17.4. The molecule has 7 heteroatoms. The van der Waals surface area contributed by atoms with Crippen molar-refractivity contribution in [1.82, 2.24) is 14.5 Å². The van der Waals surface area contributed by atoms with Crippen LogP contribution < -0.4 is 0 Å². The zero-order chi connectivity index (χ0) is 21.5. The highest BCUT2D eigenvalue weighted by Crippen LogP contribution is 2.39. The van der Waals surface area contributed by atoms with Crippen molar-refractivity contribution in [3.8, 4) is 5.69 Å². The maximum Gasteiger partial charge on any atom is 0.174 e. The van der Waals surface area contributed by atoms with Crippen molar-refractivity contribution in [2.45, 2.75) is 44.6 Å². The van der Waals surface area contributed by atoms with Crippen LogP contribution in [0.2, 0.25) is 0 Å². The van der Waals surface area contributed by atoms with Gasteiger partial charge < -0.3 is 4.57 Å². The summed E-state index contributed by atoms with van der Waals surface area (Å²) in [5.41, 5.74) is 4.07. The molecule has 0 fully saturated rings. The predicted octanol–water partition coefficient (Wildman–Crippen LogP) is 6.09. The number of nitrogens with zero attached hydrogens (tertiary/aromatic N) is 3. The van der Waals surface area contributed by atoms with Gasteiger partial charge in [-0.05, 0) is 63.3 Å². The molecular formula is C24H22FN3OS2. The average Bonchev–Trinajstić information content (AvgIpc) is 3.30. The minimum absolute atomic E-state index is 0.0246. The van der Waals surface area contributed by atoms with E-state index in [0.29, 0.717) is 11.3 Å². The molecule has 0 unspecified atom stereocenters. The van der Waals surface area contributed by atoms with E-state index in [4.69, 9.17) is 0 Å². The van der Waals surface area contributed by atoms with E-state index >= 15 is 0 Å². The number of rotatable bonds is 5. The fourth-order valence-corrected chi connectivity index (χ4v) is 6.63. The van der Waals surface area contributed by atoms with E-state index in [1.54, 1.807) is 35.9 Å². The summed E-state index contributed by atoms with van der Waals surface area (Å²) >= 11 is 3.24. The Hall–Kier alpha value is -2.51. The predicted molar refractivity (Wildman–Crippen MR) is 124 cm³/mol. The van der Waals surface area contributed by atoms with Gasteiger partial charge in [0, 0.05) is 27.2 Å². The highest BCUT2D eigenvalue weighted by molar-refractivity contribution is 8.00. The second-order valence-corrected chi connectivity index (χ2v) is 9.90. The Kier molecular flexibility index (Phi) is 5.40. The van der Waals surface area contributed by atoms with Gasteiger partial charge in [0.25, 0.3) is 0 Å². The molecule has 0 amide bonds. The quantitative estimate of drug-likeness (QED) is 0.209. The van der Waals surface area contributed by atoms with Crippen LogP contribution in [0, 0.1) is 19.7 Å². The van der Waals surface area contributed by atoms with Crippen molar-refractivity contribution in [2.75, 3.05) is 5.75 Å². The first kappa shape index (κ1) is 20.4. The molecule has 0 saturated carbocycles. The number of para-hydroxylation sites is 1. The van der Waals surface area contributed by atoms with Crippen molar-refractivity contribution >= 4 is 39.1 Å². The third-order valence-electron chi connectivity index (χ3n) is 5.88. The Balaban J connectivity index is 1.43. The van der Waals surface area contributed by atoms with E-state index < -0.39 is 0 Å². The fourth-order valence-electron chi connectivity index (χ4n) is 4.43. The number of halogens is 1. The summed E-state index contributed by atoms with van der Waals surface area (Å²) in [6.45, 7) is 3.77. The summed E-state index contributed by atoms with van der Waals surface area (Å²) in [6, 6.07) is 8.49. The Labute approximate surface area is 188 Å². The highest BCUT2D eigenvalue weighted by Gasteiger charge is 2.22. The maximum absolute atomic E-state index is 14.3. The molecule has 5 rings (SSSR count). The molecule has 4 aromatic rings. The molecule has 0 saturated heterocycles. The smallest absolute Gasteiger partial charge is 0.174 e. The van der Waals surface area contributed by atoms with Gasteiger partial charge in [0.2, 0.25) is 0 Å². The number of thioether (sulfide) groups is 1. The molecule has 3 heterocycles. The topological polar surface area (TPSA) is 47.8 Å². The molecule has 4 nitrogen and oxygen atoms in total. The van der Waals surface area contributed by atoms with Crippen LogP contribution >= 0.6 is 23.1 Å². The van der Waals surface area contributed by atoms with E-state index in [1.165, 1.54) is 41.1 Å². The number of benzene rings is 1. The van der Waals surface area contributed by atoms with Crippen LogP contribution in [0.4, 0.5) is 4.39 Å². The summed E-state index contributed by atoms with van der Waals surface area (Å²) < 4.78 is 16.2. The van der Waals surface area contributed by atoms with Gasteiger partial charge in [-0.25, -0.2) is 14.4 Å². The molecule has 1 aliphatic rings. The van der Waals surface area contributed by atoms with Crippen LogP contribution in [0.25, 0.3) is 15.9 Å². The molecule has 158 valence electrons. The maximum atomic E-state index is 14.3. The van der Waals surface area contributed by atoms with Gasteiger partial charge in [0.05, 0.1) is 11.4 Å². The lowest BCUT2D eigenvalue weighted by molar-refractivity contribution is 0.102. The average molecular weight is 452 g/mol. The van der Waals surface area contributed by atoms with Crippen LogP contribution in [0.1, 0.15) is 45.0 Å². The van der Waals surface area contributed by atoms with Gasteiger partial charge in [0.15, 0.2) is 5.78 Å². The molecule has 1 aliphatic carbocycles. The van der Waals surface area contributed by atoms with E-state index in [1.807, 2.05) is 24.5 Å². The second kappa shape index (κ2) is 8.20. The van der Waals surface area contributed by atoms with Crippen LogP contribution in [0.5, 0.6) is 0 Å². The number of thiophene rings is 1. The lowest BCUT2D eigenvalue weighted by Crippen LogP contribution is -2.07. The molecule has 0 bridgehead atoms. The molecule has 0 spiro atoms. The SMILES string of the molecule is Cc1cc(C(=O)CSc2ncnc3sc4c(c23)CCCC4)c(C)n1-c1ccccc1F. The highest BCUT2D eigenvalue weighted by atomic mass is 32.2. The van der Waals surface area contributed by atoms with E-state index in [9.17, 15) is 9.18 Å². The Morgan fingerprint density at radius 2 is 2.00 bits per heavy atom. The number of carbonyl (C=O) groups excluding carboxylic acids is 1. The molecule has 3 aromatic heterocycles. The molecule has 0 atom stereocenters. The second-order valence-electron chi connectivity index (χ2n) is 7.85.